The normalized spacial score (nSPS) is 13.9. The van der Waals surface area contributed by atoms with Crippen molar-refractivity contribution in [3.05, 3.63) is 52.8 Å². The van der Waals surface area contributed by atoms with Gasteiger partial charge in [-0.1, -0.05) is 30.7 Å². The predicted octanol–water partition coefficient (Wildman–Crippen LogP) is 3.92. The van der Waals surface area contributed by atoms with Crippen molar-refractivity contribution in [2.45, 2.75) is 38.6 Å². The molecule has 0 aliphatic carbocycles. The van der Waals surface area contributed by atoms with E-state index in [4.69, 9.17) is 11.6 Å². The Hall–Kier alpha value is -1.81. The minimum Gasteiger partial charge on any atom is -0.481 e. The van der Waals surface area contributed by atoms with Gasteiger partial charge in [0.25, 0.3) is 0 Å². The number of carboxylic acid groups (broad SMARTS) is 1. The number of aliphatic carboxylic acids is 1. The third-order valence-corrected chi connectivity index (χ3v) is 3.94. The minimum atomic E-state index is -0.851. The standard InChI is InChI=1S/C16H19ClN2O2/c1-3-11(2)19-9-8-14(18-19)10-15(16(20)21)12-4-6-13(17)7-5-12/h4-9,11,15H,3,10H2,1-2H3,(H,20,21). The van der Waals surface area contributed by atoms with E-state index in [1.165, 1.54) is 0 Å². The Bertz CT molecular complexity index is 607. The summed E-state index contributed by atoms with van der Waals surface area (Å²) in [4.78, 5) is 11.5. The highest BCUT2D eigenvalue weighted by Gasteiger charge is 2.21. The van der Waals surface area contributed by atoms with Crippen LogP contribution in [-0.2, 0) is 11.2 Å². The maximum absolute atomic E-state index is 11.5. The summed E-state index contributed by atoms with van der Waals surface area (Å²) in [7, 11) is 0. The molecule has 5 heteroatoms. The van der Waals surface area contributed by atoms with Gasteiger partial charge < -0.3 is 5.11 Å². The molecule has 0 aliphatic heterocycles. The molecule has 0 aliphatic rings. The molecule has 1 aromatic carbocycles. The third kappa shape index (κ3) is 3.85. The fourth-order valence-electron chi connectivity index (χ4n) is 2.17. The van der Waals surface area contributed by atoms with Gasteiger partial charge in [-0.2, -0.15) is 5.10 Å². The SMILES string of the molecule is CCC(C)n1ccc(CC(C(=O)O)c2ccc(Cl)cc2)n1. The van der Waals surface area contributed by atoms with Gasteiger partial charge in [0.1, 0.15) is 0 Å². The molecule has 4 nitrogen and oxygen atoms in total. The van der Waals surface area contributed by atoms with Gasteiger partial charge in [-0.3, -0.25) is 9.48 Å². The molecule has 0 bridgehead atoms. The van der Waals surface area contributed by atoms with Gasteiger partial charge in [0.2, 0.25) is 0 Å². The van der Waals surface area contributed by atoms with E-state index in [0.29, 0.717) is 17.5 Å². The van der Waals surface area contributed by atoms with E-state index >= 15 is 0 Å². The van der Waals surface area contributed by atoms with Crippen LogP contribution in [0.15, 0.2) is 36.5 Å². The van der Waals surface area contributed by atoms with Gasteiger partial charge in [-0.25, -0.2) is 0 Å². The maximum Gasteiger partial charge on any atom is 0.311 e. The lowest BCUT2D eigenvalue weighted by Gasteiger charge is -2.12. The summed E-state index contributed by atoms with van der Waals surface area (Å²) in [5, 5.41) is 14.5. The van der Waals surface area contributed by atoms with Crippen molar-refractivity contribution in [2.75, 3.05) is 0 Å². The fraction of sp³-hybridized carbons (Fsp3) is 0.375. The Morgan fingerprint density at radius 1 is 1.33 bits per heavy atom. The Labute approximate surface area is 129 Å². The lowest BCUT2D eigenvalue weighted by molar-refractivity contribution is -0.138. The van der Waals surface area contributed by atoms with E-state index in [9.17, 15) is 9.90 Å². The average Bonchev–Trinajstić information content (AvgIpc) is 2.93. The molecule has 0 spiro atoms. The van der Waals surface area contributed by atoms with Crippen molar-refractivity contribution in [1.82, 2.24) is 9.78 Å². The first-order valence-corrected chi connectivity index (χ1v) is 7.41. The van der Waals surface area contributed by atoms with E-state index in [2.05, 4.69) is 18.9 Å². The number of hydrogen-bond donors (Lipinski definition) is 1. The first-order valence-electron chi connectivity index (χ1n) is 7.03. The van der Waals surface area contributed by atoms with Gasteiger partial charge >= 0.3 is 5.97 Å². The Balaban J connectivity index is 2.18. The topological polar surface area (TPSA) is 55.1 Å². The van der Waals surface area contributed by atoms with Crippen molar-refractivity contribution in [3.63, 3.8) is 0 Å². The van der Waals surface area contributed by atoms with Crippen molar-refractivity contribution in [2.24, 2.45) is 0 Å². The van der Waals surface area contributed by atoms with Crippen molar-refractivity contribution in [1.29, 1.82) is 0 Å². The monoisotopic (exact) mass is 306 g/mol. The van der Waals surface area contributed by atoms with Crippen molar-refractivity contribution < 1.29 is 9.90 Å². The third-order valence-electron chi connectivity index (χ3n) is 3.69. The number of carbonyl (C=O) groups is 1. The quantitative estimate of drug-likeness (QED) is 0.880. The molecule has 1 aromatic heterocycles. The van der Waals surface area contributed by atoms with Gasteiger partial charge in [0, 0.05) is 23.7 Å². The molecule has 2 rings (SSSR count). The summed E-state index contributed by atoms with van der Waals surface area (Å²) in [5.74, 6) is -1.46. The first kappa shape index (κ1) is 15.6. The number of carboxylic acids is 1. The van der Waals surface area contributed by atoms with Crippen LogP contribution in [0.5, 0.6) is 0 Å². The zero-order valence-electron chi connectivity index (χ0n) is 12.2. The predicted molar refractivity (Wildman–Crippen MR) is 82.8 cm³/mol. The maximum atomic E-state index is 11.5. The van der Waals surface area contributed by atoms with Crippen LogP contribution in [0.2, 0.25) is 5.02 Å². The van der Waals surface area contributed by atoms with Gasteiger partial charge in [-0.15, -0.1) is 0 Å². The van der Waals surface area contributed by atoms with Crippen molar-refractivity contribution in [3.8, 4) is 0 Å². The van der Waals surface area contributed by atoms with Crippen LogP contribution < -0.4 is 0 Å². The lowest BCUT2D eigenvalue weighted by atomic mass is 9.94. The summed E-state index contributed by atoms with van der Waals surface area (Å²) >= 11 is 5.85. The molecular weight excluding hydrogens is 288 g/mol. The molecule has 0 amide bonds. The molecule has 1 N–H and O–H groups in total. The summed E-state index contributed by atoms with van der Waals surface area (Å²) in [6.45, 7) is 4.18. The number of aromatic nitrogens is 2. The molecule has 0 fully saturated rings. The zero-order valence-corrected chi connectivity index (χ0v) is 12.9. The summed E-state index contributed by atoms with van der Waals surface area (Å²) in [5.41, 5.74) is 1.53. The summed E-state index contributed by atoms with van der Waals surface area (Å²) < 4.78 is 1.89. The Morgan fingerprint density at radius 2 is 2.00 bits per heavy atom. The van der Waals surface area contributed by atoms with Gasteiger partial charge in [-0.05, 0) is 37.1 Å². The van der Waals surface area contributed by atoms with Gasteiger partial charge in [0.15, 0.2) is 0 Å². The molecule has 1 heterocycles. The van der Waals surface area contributed by atoms with Crippen LogP contribution in [0.1, 0.15) is 43.5 Å². The van der Waals surface area contributed by atoms with Crippen LogP contribution in [0.25, 0.3) is 0 Å². The molecule has 2 atom stereocenters. The van der Waals surface area contributed by atoms with E-state index < -0.39 is 11.9 Å². The average molecular weight is 307 g/mol. The number of nitrogens with zero attached hydrogens (tertiary/aromatic N) is 2. The largest absolute Gasteiger partial charge is 0.481 e. The zero-order chi connectivity index (χ0) is 15.4. The number of halogens is 1. The molecule has 21 heavy (non-hydrogen) atoms. The first-order chi connectivity index (χ1) is 10.0. The molecule has 2 aromatic rings. The highest BCUT2D eigenvalue weighted by Crippen LogP contribution is 2.23. The fourth-order valence-corrected chi connectivity index (χ4v) is 2.30. The van der Waals surface area contributed by atoms with E-state index in [0.717, 1.165) is 17.7 Å². The second kappa shape index (κ2) is 6.76. The molecule has 0 saturated heterocycles. The second-order valence-corrected chi connectivity index (χ2v) is 5.63. The smallest absolute Gasteiger partial charge is 0.311 e. The van der Waals surface area contributed by atoms with Crippen LogP contribution in [0, 0.1) is 0 Å². The molecule has 112 valence electrons. The lowest BCUT2D eigenvalue weighted by Crippen LogP contribution is -2.15. The summed E-state index contributed by atoms with van der Waals surface area (Å²) in [6.07, 6.45) is 3.27. The number of rotatable bonds is 6. The van der Waals surface area contributed by atoms with Crippen molar-refractivity contribution >= 4 is 17.6 Å². The highest BCUT2D eigenvalue weighted by atomic mass is 35.5. The van der Waals surface area contributed by atoms with Crippen LogP contribution in [0.3, 0.4) is 0 Å². The Morgan fingerprint density at radius 3 is 2.57 bits per heavy atom. The highest BCUT2D eigenvalue weighted by molar-refractivity contribution is 6.30. The van der Waals surface area contributed by atoms with Crippen LogP contribution in [0.4, 0.5) is 0 Å². The van der Waals surface area contributed by atoms with E-state index in [1.807, 2.05) is 16.9 Å². The molecule has 0 saturated carbocycles. The molecule has 0 radical (unpaired) electrons. The molecular formula is C16H19ClN2O2. The summed E-state index contributed by atoms with van der Waals surface area (Å²) in [6, 6.07) is 9.14. The van der Waals surface area contributed by atoms with E-state index in [-0.39, 0.29) is 0 Å². The minimum absolute atomic E-state index is 0.317. The Kier molecular flexibility index (Phi) is 5.02. The number of hydrogen-bond acceptors (Lipinski definition) is 2. The molecule has 2 unspecified atom stereocenters. The van der Waals surface area contributed by atoms with Gasteiger partial charge in [0.05, 0.1) is 11.6 Å². The number of benzene rings is 1. The second-order valence-electron chi connectivity index (χ2n) is 5.19. The van der Waals surface area contributed by atoms with E-state index in [1.54, 1.807) is 24.3 Å². The van der Waals surface area contributed by atoms with Crippen LogP contribution in [-0.4, -0.2) is 20.9 Å². The van der Waals surface area contributed by atoms with Crippen LogP contribution >= 0.6 is 11.6 Å².